The number of hydrogen-bond donors (Lipinski definition) is 0. The van der Waals surface area contributed by atoms with Crippen LogP contribution in [0.15, 0.2) is 35.3 Å². The molecule has 0 aromatic heterocycles. The Hall–Kier alpha value is -3.00. The minimum Gasteiger partial charge on any atom is -0.867 e. The van der Waals surface area contributed by atoms with E-state index in [1.165, 1.54) is 24.3 Å². The molecule has 0 aliphatic rings. The first-order valence-electron chi connectivity index (χ1n) is 6.23. The van der Waals surface area contributed by atoms with E-state index in [0.29, 0.717) is 5.56 Å². The van der Waals surface area contributed by atoms with Crippen molar-refractivity contribution in [3.8, 4) is 5.75 Å². The van der Waals surface area contributed by atoms with Crippen LogP contribution in [0.2, 0.25) is 5.02 Å². The van der Waals surface area contributed by atoms with E-state index in [1.807, 2.05) is 0 Å². The minimum atomic E-state index is -0.829. The number of benzene rings is 2. The van der Waals surface area contributed by atoms with Gasteiger partial charge in [0.05, 0.1) is 15.5 Å². The number of rotatable bonds is 4. The van der Waals surface area contributed by atoms with Crippen molar-refractivity contribution in [2.24, 2.45) is 4.99 Å². The number of hydrogen-bond acceptors (Lipinski definition) is 6. The van der Waals surface area contributed by atoms with Gasteiger partial charge in [0.25, 0.3) is 11.4 Å². The molecular weight excluding hydrogens is 326 g/mol. The van der Waals surface area contributed by atoms with Crippen LogP contribution in [0.5, 0.6) is 5.75 Å². The van der Waals surface area contributed by atoms with Crippen molar-refractivity contribution in [1.82, 2.24) is 0 Å². The summed E-state index contributed by atoms with van der Waals surface area (Å²) in [7, 11) is 0. The molecule has 8 nitrogen and oxygen atoms in total. The Morgan fingerprint density at radius 1 is 1.13 bits per heavy atom. The average Bonchev–Trinajstić information content (AvgIpc) is 2.48. The number of aryl methyl sites for hydroxylation is 1. The number of nitrogens with zero attached hydrogens (tertiary/aromatic N) is 3. The lowest BCUT2D eigenvalue weighted by Gasteiger charge is -2.11. The van der Waals surface area contributed by atoms with Crippen LogP contribution < -0.4 is 5.11 Å². The Labute approximate surface area is 135 Å². The topological polar surface area (TPSA) is 122 Å². The van der Waals surface area contributed by atoms with Crippen LogP contribution in [0.4, 0.5) is 17.1 Å². The van der Waals surface area contributed by atoms with Gasteiger partial charge in [-0.2, -0.15) is 0 Å². The second-order valence-corrected chi connectivity index (χ2v) is 5.02. The van der Waals surface area contributed by atoms with E-state index in [1.54, 1.807) is 6.92 Å². The lowest BCUT2D eigenvalue weighted by molar-refractivity contribution is -0.398. The maximum atomic E-state index is 11.9. The number of aliphatic imine (C=N–C) groups is 1. The van der Waals surface area contributed by atoms with Gasteiger partial charge in [0.1, 0.15) is 0 Å². The van der Waals surface area contributed by atoms with Gasteiger partial charge in [0, 0.05) is 29.4 Å². The van der Waals surface area contributed by atoms with Crippen LogP contribution >= 0.6 is 11.6 Å². The van der Waals surface area contributed by atoms with E-state index in [9.17, 15) is 25.3 Å². The molecule has 23 heavy (non-hydrogen) atoms. The molecule has 0 heterocycles. The number of non-ortho nitro benzene ring substituents is 1. The SMILES string of the molecule is Cc1ccc([N+](=O)[O-])cc1N=Cc1cc(Cl)cc([N+](=O)[O-])c1[O-]. The third kappa shape index (κ3) is 3.61. The van der Waals surface area contributed by atoms with Gasteiger partial charge < -0.3 is 5.11 Å². The molecule has 0 unspecified atom stereocenters. The van der Waals surface area contributed by atoms with Gasteiger partial charge in [-0.1, -0.05) is 17.7 Å². The average molecular weight is 335 g/mol. The zero-order valence-corrected chi connectivity index (χ0v) is 12.5. The molecule has 0 aliphatic carbocycles. The van der Waals surface area contributed by atoms with Crippen molar-refractivity contribution in [3.63, 3.8) is 0 Å². The van der Waals surface area contributed by atoms with Crippen LogP contribution in [0.1, 0.15) is 11.1 Å². The molecule has 0 saturated carbocycles. The van der Waals surface area contributed by atoms with Gasteiger partial charge in [-0.15, -0.1) is 0 Å². The van der Waals surface area contributed by atoms with Crippen LogP contribution in [-0.4, -0.2) is 16.1 Å². The Kier molecular flexibility index (Phi) is 4.56. The second-order valence-electron chi connectivity index (χ2n) is 4.59. The van der Waals surface area contributed by atoms with Crippen molar-refractivity contribution in [3.05, 3.63) is 66.7 Å². The minimum absolute atomic E-state index is 0.0218. The van der Waals surface area contributed by atoms with Gasteiger partial charge in [0.2, 0.25) is 0 Å². The normalized spacial score (nSPS) is 10.9. The quantitative estimate of drug-likeness (QED) is 0.482. The summed E-state index contributed by atoms with van der Waals surface area (Å²) in [5, 5.41) is 33.5. The lowest BCUT2D eigenvalue weighted by Crippen LogP contribution is -2.02. The third-order valence-electron chi connectivity index (χ3n) is 3.01. The molecule has 0 fully saturated rings. The maximum Gasteiger partial charge on any atom is 0.271 e. The Bertz CT molecular complexity index is 835. The summed E-state index contributed by atoms with van der Waals surface area (Å²) in [4.78, 5) is 24.2. The maximum absolute atomic E-state index is 11.9. The molecule has 0 N–H and O–H groups in total. The number of nitro groups is 2. The summed E-state index contributed by atoms with van der Waals surface area (Å²) in [6, 6.07) is 6.29. The van der Waals surface area contributed by atoms with Gasteiger partial charge in [-0.05, 0) is 29.9 Å². The third-order valence-corrected chi connectivity index (χ3v) is 3.22. The van der Waals surface area contributed by atoms with Crippen molar-refractivity contribution in [1.29, 1.82) is 0 Å². The smallest absolute Gasteiger partial charge is 0.271 e. The van der Waals surface area contributed by atoms with E-state index in [0.717, 1.165) is 12.3 Å². The molecule has 118 valence electrons. The summed E-state index contributed by atoms with van der Waals surface area (Å²) < 4.78 is 0. The molecule has 0 saturated heterocycles. The Morgan fingerprint density at radius 3 is 2.43 bits per heavy atom. The van der Waals surface area contributed by atoms with Crippen LogP contribution in [0.3, 0.4) is 0 Å². The Balaban J connectivity index is 2.47. The highest BCUT2D eigenvalue weighted by molar-refractivity contribution is 6.31. The zero-order chi connectivity index (χ0) is 17.1. The number of halogens is 1. The predicted octanol–water partition coefficient (Wildman–Crippen LogP) is 3.29. The summed E-state index contributed by atoms with van der Waals surface area (Å²) in [5.74, 6) is -0.828. The highest BCUT2D eigenvalue weighted by atomic mass is 35.5. The van der Waals surface area contributed by atoms with Crippen LogP contribution in [-0.2, 0) is 0 Å². The van der Waals surface area contributed by atoms with Gasteiger partial charge >= 0.3 is 0 Å². The molecule has 2 rings (SSSR count). The highest BCUT2D eigenvalue weighted by Crippen LogP contribution is 2.31. The number of nitro benzene ring substituents is 2. The first-order chi connectivity index (χ1) is 10.8. The summed E-state index contributed by atoms with van der Waals surface area (Å²) in [5.41, 5.74) is 0.0454. The molecule has 2 aromatic rings. The van der Waals surface area contributed by atoms with Crippen molar-refractivity contribution in [2.45, 2.75) is 6.92 Å². The summed E-state index contributed by atoms with van der Waals surface area (Å²) in [6.07, 6.45) is 1.10. The standard InChI is InChI=1S/C14H10ClN3O5/c1-8-2-3-11(17(20)21)6-12(8)16-7-9-4-10(15)5-13(14(9)19)18(22)23/h2-7,19H,1H3/p-1. The van der Waals surface area contributed by atoms with E-state index < -0.39 is 21.3 Å². The fourth-order valence-electron chi connectivity index (χ4n) is 1.82. The molecule has 2 aromatic carbocycles. The summed E-state index contributed by atoms with van der Waals surface area (Å²) in [6.45, 7) is 1.69. The van der Waals surface area contributed by atoms with Gasteiger partial charge in [0.15, 0.2) is 0 Å². The highest BCUT2D eigenvalue weighted by Gasteiger charge is 2.12. The van der Waals surface area contributed by atoms with Crippen molar-refractivity contribution >= 4 is 34.9 Å². The monoisotopic (exact) mass is 334 g/mol. The molecule has 0 amide bonds. The molecular formula is C14H9ClN3O5-. The second kappa shape index (κ2) is 6.41. The van der Waals surface area contributed by atoms with Crippen molar-refractivity contribution in [2.75, 3.05) is 0 Å². The molecule has 0 spiro atoms. The first kappa shape index (κ1) is 16.4. The van der Waals surface area contributed by atoms with Crippen LogP contribution in [0, 0.1) is 27.2 Å². The van der Waals surface area contributed by atoms with Crippen LogP contribution in [0.25, 0.3) is 0 Å². The largest absolute Gasteiger partial charge is 0.867 e. The van der Waals surface area contributed by atoms with Crippen molar-refractivity contribution < 1.29 is 15.0 Å². The van der Waals surface area contributed by atoms with E-state index in [2.05, 4.69) is 4.99 Å². The molecule has 0 radical (unpaired) electrons. The molecule has 0 atom stereocenters. The van der Waals surface area contributed by atoms with E-state index >= 15 is 0 Å². The summed E-state index contributed by atoms with van der Waals surface area (Å²) >= 11 is 5.75. The Morgan fingerprint density at radius 2 is 1.83 bits per heavy atom. The lowest BCUT2D eigenvalue weighted by atomic mass is 10.1. The van der Waals surface area contributed by atoms with E-state index in [-0.39, 0.29) is 22.0 Å². The van der Waals surface area contributed by atoms with E-state index in [4.69, 9.17) is 11.6 Å². The predicted molar refractivity (Wildman–Crippen MR) is 82.6 cm³/mol. The zero-order valence-electron chi connectivity index (χ0n) is 11.7. The fourth-order valence-corrected chi connectivity index (χ4v) is 2.04. The molecule has 0 bridgehead atoms. The molecule has 0 aliphatic heterocycles. The van der Waals surface area contributed by atoms with Gasteiger partial charge in [-0.3, -0.25) is 25.2 Å². The van der Waals surface area contributed by atoms with Gasteiger partial charge in [-0.25, -0.2) is 0 Å². The molecule has 9 heteroatoms. The first-order valence-corrected chi connectivity index (χ1v) is 6.61. The fraction of sp³-hybridized carbons (Fsp3) is 0.0714.